The SMILES string of the molecule is CCOc1ccccc1NC(=O)CN(C)CC(=O)N1CCNCC1.Cl. The molecule has 2 amide bonds. The first-order valence-corrected chi connectivity index (χ1v) is 8.29. The number of anilines is 1. The Balaban J connectivity index is 0.00000312. The van der Waals surface area contributed by atoms with Crippen LogP contribution in [0.1, 0.15) is 6.92 Å². The zero-order chi connectivity index (χ0) is 17.4. The van der Waals surface area contributed by atoms with E-state index in [-0.39, 0.29) is 37.3 Å². The molecular formula is C17H27ClN4O3. The molecule has 0 bridgehead atoms. The maximum Gasteiger partial charge on any atom is 0.238 e. The first-order chi connectivity index (χ1) is 11.6. The normalized spacial score (nSPS) is 14.0. The largest absolute Gasteiger partial charge is 0.492 e. The Labute approximate surface area is 155 Å². The third-order valence-corrected chi connectivity index (χ3v) is 3.75. The van der Waals surface area contributed by atoms with Gasteiger partial charge < -0.3 is 20.3 Å². The van der Waals surface area contributed by atoms with E-state index in [0.29, 0.717) is 18.0 Å². The number of para-hydroxylation sites is 2. The van der Waals surface area contributed by atoms with E-state index >= 15 is 0 Å². The minimum atomic E-state index is -0.169. The Morgan fingerprint density at radius 3 is 2.60 bits per heavy atom. The number of ether oxygens (including phenoxy) is 1. The van der Waals surface area contributed by atoms with E-state index in [0.717, 1.165) is 26.2 Å². The highest BCUT2D eigenvalue weighted by atomic mass is 35.5. The number of nitrogens with one attached hydrogen (secondary N) is 2. The van der Waals surface area contributed by atoms with Crippen molar-refractivity contribution in [1.82, 2.24) is 15.1 Å². The van der Waals surface area contributed by atoms with Gasteiger partial charge in [-0.1, -0.05) is 12.1 Å². The van der Waals surface area contributed by atoms with Crippen molar-refractivity contribution in [3.63, 3.8) is 0 Å². The molecule has 2 rings (SSSR count). The van der Waals surface area contributed by atoms with Crippen LogP contribution in [0, 0.1) is 0 Å². The standard InChI is InChI=1S/C17H26N4O3.ClH/c1-3-24-15-7-5-4-6-14(15)19-16(22)12-20(2)13-17(23)21-10-8-18-9-11-21;/h4-7,18H,3,8-13H2,1-2H3,(H,19,22);1H. The molecule has 0 aliphatic carbocycles. The number of hydrogen-bond acceptors (Lipinski definition) is 5. The molecule has 1 fully saturated rings. The number of amides is 2. The van der Waals surface area contributed by atoms with Crippen molar-refractivity contribution in [2.45, 2.75) is 6.92 Å². The summed E-state index contributed by atoms with van der Waals surface area (Å²) >= 11 is 0. The molecule has 140 valence electrons. The summed E-state index contributed by atoms with van der Waals surface area (Å²) in [5.41, 5.74) is 0.645. The smallest absolute Gasteiger partial charge is 0.238 e. The third-order valence-electron chi connectivity index (χ3n) is 3.75. The summed E-state index contributed by atoms with van der Waals surface area (Å²) in [5.74, 6) is 0.534. The fourth-order valence-electron chi connectivity index (χ4n) is 2.59. The van der Waals surface area contributed by atoms with Crippen molar-refractivity contribution in [1.29, 1.82) is 0 Å². The zero-order valence-electron chi connectivity index (χ0n) is 14.8. The summed E-state index contributed by atoms with van der Waals surface area (Å²) < 4.78 is 5.49. The molecule has 1 aromatic carbocycles. The van der Waals surface area contributed by atoms with Crippen LogP contribution in [0.2, 0.25) is 0 Å². The second-order valence-corrected chi connectivity index (χ2v) is 5.78. The van der Waals surface area contributed by atoms with Crippen LogP contribution in [0.25, 0.3) is 0 Å². The van der Waals surface area contributed by atoms with E-state index < -0.39 is 0 Å². The van der Waals surface area contributed by atoms with E-state index in [1.807, 2.05) is 30.0 Å². The Kier molecular flexibility index (Phi) is 9.26. The number of likely N-dealkylation sites (N-methyl/N-ethyl adjacent to an activating group) is 1. The molecule has 0 radical (unpaired) electrons. The van der Waals surface area contributed by atoms with Gasteiger partial charge in [-0.25, -0.2) is 0 Å². The van der Waals surface area contributed by atoms with Gasteiger partial charge in [0.15, 0.2) is 0 Å². The lowest BCUT2D eigenvalue weighted by atomic mass is 10.3. The van der Waals surface area contributed by atoms with Gasteiger partial charge in [-0.05, 0) is 26.1 Å². The lowest BCUT2D eigenvalue weighted by molar-refractivity contribution is -0.133. The molecule has 8 heteroatoms. The van der Waals surface area contributed by atoms with Crippen LogP contribution >= 0.6 is 12.4 Å². The maximum atomic E-state index is 12.2. The number of hydrogen-bond donors (Lipinski definition) is 2. The van der Waals surface area contributed by atoms with Crippen LogP contribution in [-0.2, 0) is 9.59 Å². The molecule has 0 aromatic heterocycles. The highest BCUT2D eigenvalue weighted by Gasteiger charge is 2.19. The fourth-order valence-corrected chi connectivity index (χ4v) is 2.59. The average Bonchev–Trinajstić information content (AvgIpc) is 2.57. The number of benzene rings is 1. The van der Waals surface area contributed by atoms with Crippen LogP contribution in [-0.4, -0.2) is 74.5 Å². The van der Waals surface area contributed by atoms with E-state index in [1.165, 1.54) is 0 Å². The molecule has 1 aromatic rings. The van der Waals surface area contributed by atoms with Crippen LogP contribution in [0.4, 0.5) is 5.69 Å². The van der Waals surface area contributed by atoms with Crippen molar-refractivity contribution in [2.75, 3.05) is 58.2 Å². The van der Waals surface area contributed by atoms with E-state index in [9.17, 15) is 9.59 Å². The van der Waals surface area contributed by atoms with Crippen molar-refractivity contribution in [3.8, 4) is 5.75 Å². The van der Waals surface area contributed by atoms with Gasteiger partial charge in [0.05, 0.1) is 25.4 Å². The summed E-state index contributed by atoms with van der Waals surface area (Å²) in [5, 5.41) is 6.05. The zero-order valence-corrected chi connectivity index (χ0v) is 15.6. The molecule has 0 spiro atoms. The molecule has 0 saturated carbocycles. The highest BCUT2D eigenvalue weighted by molar-refractivity contribution is 5.94. The van der Waals surface area contributed by atoms with Crippen molar-refractivity contribution < 1.29 is 14.3 Å². The number of halogens is 1. The molecule has 1 aliphatic rings. The summed E-state index contributed by atoms with van der Waals surface area (Å²) in [7, 11) is 1.77. The maximum absolute atomic E-state index is 12.2. The Bertz CT molecular complexity index is 565. The van der Waals surface area contributed by atoms with Crippen LogP contribution in [0.3, 0.4) is 0 Å². The summed E-state index contributed by atoms with van der Waals surface area (Å²) in [6.45, 7) is 5.91. The van der Waals surface area contributed by atoms with Crippen LogP contribution in [0.5, 0.6) is 5.75 Å². The van der Waals surface area contributed by atoms with Gasteiger partial charge in [-0.2, -0.15) is 0 Å². The lowest BCUT2D eigenvalue weighted by Crippen LogP contribution is -2.49. The highest BCUT2D eigenvalue weighted by Crippen LogP contribution is 2.23. The molecule has 1 aliphatic heterocycles. The molecule has 0 atom stereocenters. The second kappa shape index (κ2) is 10.9. The van der Waals surface area contributed by atoms with Gasteiger partial charge in [0, 0.05) is 26.2 Å². The number of carbonyl (C=O) groups excluding carboxylic acids is 2. The molecule has 0 unspecified atom stereocenters. The van der Waals surface area contributed by atoms with Gasteiger partial charge in [0.1, 0.15) is 5.75 Å². The molecule has 1 heterocycles. The van der Waals surface area contributed by atoms with Gasteiger partial charge in [0.25, 0.3) is 0 Å². The van der Waals surface area contributed by atoms with Crippen molar-refractivity contribution >= 4 is 29.9 Å². The Morgan fingerprint density at radius 2 is 1.92 bits per heavy atom. The Hall–Kier alpha value is -1.83. The first-order valence-electron chi connectivity index (χ1n) is 8.29. The second-order valence-electron chi connectivity index (χ2n) is 5.78. The molecular weight excluding hydrogens is 344 g/mol. The predicted octanol–water partition coefficient (Wildman–Crippen LogP) is 0.809. The Morgan fingerprint density at radius 1 is 1.24 bits per heavy atom. The molecule has 7 nitrogen and oxygen atoms in total. The number of piperazine rings is 1. The number of carbonyl (C=O) groups is 2. The third kappa shape index (κ3) is 6.89. The summed E-state index contributed by atoms with van der Waals surface area (Å²) in [6, 6.07) is 7.32. The molecule has 1 saturated heterocycles. The quantitative estimate of drug-likeness (QED) is 0.743. The average molecular weight is 371 g/mol. The van der Waals surface area contributed by atoms with E-state index in [4.69, 9.17) is 4.74 Å². The van der Waals surface area contributed by atoms with Crippen molar-refractivity contribution in [2.24, 2.45) is 0 Å². The van der Waals surface area contributed by atoms with Gasteiger partial charge in [-0.15, -0.1) is 12.4 Å². The predicted molar refractivity (Wildman–Crippen MR) is 100 cm³/mol. The van der Waals surface area contributed by atoms with E-state index in [2.05, 4.69) is 10.6 Å². The monoisotopic (exact) mass is 370 g/mol. The summed E-state index contributed by atoms with van der Waals surface area (Å²) in [4.78, 5) is 27.9. The first kappa shape index (κ1) is 21.2. The van der Waals surface area contributed by atoms with Crippen LogP contribution < -0.4 is 15.4 Å². The fraction of sp³-hybridized carbons (Fsp3) is 0.529. The van der Waals surface area contributed by atoms with Gasteiger partial charge in [-0.3, -0.25) is 14.5 Å². The molecule has 25 heavy (non-hydrogen) atoms. The molecule has 2 N–H and O–H groups in total. The number of nitrogens with zero attached hydrogens (tertiary/aromatic N) is 2. The minimum Gasteiger partial charge on any atom is -0.492 e. The van der Waals surface area contributed by atoms with Gasteiger partial charge >= 0.3 is 0 Å². The summed E-state index contributed by atoms with van der Waals surface area (Å²) in [6.07, 6.45) is 0. The number of rotatable bonds is 7. The van der Waals surface area contributed by atoms with Gasteiger partial charge in [0.2, 0.25) is 11.8 Å². The minimum absolute atomic E-state index is 0. The van der Waals surface area contributed by atoms with Crippen molar-refractivity contribution in [3.05, 3.63) is 24.3 Å². The van der Waals surface area contributed by atoms with Crippen LogP contribution in [0.15, 0.2) is 24.3 Å². The lowest BCUT2D eigenvalue weighted by Gasteiger charge is -2.29. The van der Waals surface area contributed by atoms with E-state index in [1.54, 1.807) is 18.0 Å². The topological polar surface area (TPSA) is 73.9 Å².